The number of hydrogen-bond acceptors (Lipinski definition) is 5. The van der Waals surface area contributed by atoms with Crippen molar-refractivity contribution >= 4 is 5.97 Å². The maximum atomic E-state index is 11.4. The van der Waals surface area contributed by atoms with Crippen LogP contribution in [0.4, 0.5) is 0 Å². The molecule has 0 aromatic rings. The number of hydrogen-bond donors (Lipinski definition) is 2. The zero-order valence-corrected chi connectivity index (χ0v) is 9.43. The molecular formula is C10H18O5. The number of rotatable bonds is 4. The van der Waals surface area contributed by atoms with Gasteiger partial charge in [0.15, 0.2) is 0 Å². The summed E-state index contributed by atoms with van der Waals surface area (Å²) in [4.78, 5) is 15.4. The second-order valence-corrected chi connectivity index (χ2v) is 4.65. The number of aliphatic hydroxyl groups is 1. The topological polar surface area (TPSA) is 76.0 Å². The Morgan fingerprint density at radius 3 is 2.40 bits per heavy atom. The Labute approximate surface area is 88.9 Å². The molecule has 2 N–H and O–H groups in total. The number of methoxy groups -OCH3 is 1. The summed E-state index contributed by atoms with van der Waals surface area (Å²) < 4.78 is 4.65. The van der Waals surface area contributed by atoms with Crippen molar-refractivity contribution in [1.82, 2.24) is 0 Å². The Kier molecular flexibility index (Phi) is 3.38. The average Bonchev–Trinajstić information content (AvgIpc) is 2.78. The highest BCUT2D eigenvalue weighted by Crippen LogP contribution is 2.60. The fourth-order valence-corrected chi connectivity index (χ4v) is 2.25. The molecule has 0 spiro atoms. The van der Waals surface area contributed by atoms with Crippen molar-refractivity contribution < 1.29 is 24.8 Å². The summed E-state index contributed by atoms with van der Waals surface area (Å²) >= 11 is 0. The van der Waals surface area contributed by atoms with Crippen LogP contribution >= 0.6 is 0 Å². The summed E-state index contributed by atoms with van der Waals surface area (Å²) in [6.07, 6.45) is -1.57. The molecule has 1 aliphatic rings. The van der Waals surface area contributed by atoms with Crippen LogP contribution in [0.25, 0.3) is 0 Å². The zero-order valence-electron chi connectivity index (χ0n) is 9.43. The minimum Gasteiger partial charge on any atom is -0.469 e. The van der Waals surface area contributed by atoms with Gasteiger partial charge in [-0.25, -0.2) is 4.89 Å². The van der Waals surface area contributed by atoms with E-state index in [0.29, 0.717) is 0 Å². The molecule has 4 unspecified atom stereocenters. The lowest BCUT2D eigenvalue weighted by atomic mass is 10.0. The molecule has 1 fully saturated rings. The third-order valence-corrected chi connectivity index (χ3v) is 3.38. The predicted octanol–water partition coefficient (Wildman–Crippen LogP) is 0.671. The van der Waals surface area contributed by atoms with Crippen LogP contribution in [0, 0.1) is 17.3 Å². The zero-order chi connectivity index (χ0) is 11.8. The van der Waals surface area contributed by atoms with Crippen LogP contribution in [0.1, 0.15) is 20.8 Å². The van der Waals surface area contributed by atoms with Crippen LogP contribution in [0.15, 0.2) is 0 Å². The van der Waals surface area contributed by atoms with Crippen molar-refractivity contribution in [3.8, 4) is 0 Å². The van der Waals surface area contributed by atoms with Crippen molar-refractivity contribution in [3.05, 3.63) is 0 Å². The highest BCUT2D eigenvalue weighted by Gasteiger charge is 2.66. The minimum atomic E-state index is -0.867. The number of ether oxygens (including phenoxy) is 1. The van der Waals surface area contributed by atoms with Crippen LogP contribution < -0.4 is 0 Å². The summed E-state index contributed by atoms with van der Waals surface area (Å²) in [6, 6.07) is 0. The van der Waals surface area contributed by atoms with E-state index >= 15 is 0 Å². The average molecular weight is 218 g/mol. The van der Waals surface area contributed by atoms with E-state index in [9.17, 15) is 9.90 Å². The number of aliphatic hydroxyl groups excluding tert-OH is 1. The number of carbonyl (C=O) groups is 1. The second-order valence-electron chi connectivity index (χ2n) is 4.65. The first-order valence-electron chi connectivity index (χ1n) is 4.94. The monoisotopic (exact) mass is 218 g/mol. The fourth-order valence-electron chi connectivity index (χ4n) is 2.25. The maximum Gasteiger partial charge on any atom is 0.309 e. The van der Waals surface area contributed by atoms with Gasteiger partial charge in [-0.1, -0.05) is 13.8 Å². The maximum absolute atomic E-state index is 11.4. The van der Waals surface area contributed by atoms with Crippen LogP contribution in [-0.2, 0) is 14.4 Å². The smallest absolute Gasteiger partial charge is 0.309 e. The molecule has 5 nitrogen and oxygen atoms in total. The molecular weight excluding hydrogens is 200 g/mol. The van der Waals surface area contributed by atoms with Gasteiger partial charge in [0, 0.05) is 5.92 Å². The molecule has 0 aliphatic heterocycles. The van der Waals surface area contributed by atoms with E-state index in [2.05, 4.69) is 9.62 Å². The third-order valence-electron chi connectivity index (χ3n) is 3.38. The highest BCUT2D eigenvalue weighted by molar-refractivity contribution is 5.77. The quantitative estimate of drug-likeness (QED) is 0.412. The molecule has 0 amide bonds. The van der Waals surface area contributed by atoms with Gasteiger partial charge in [-0.2, -0.15) is 0 Å². The lowest BCUT2D eigenvalue weighted by Crippen LogP contribution is -2.29. The molecule has 0 aromatic heterocycles. The van der Waals surface area contributed by atoms with Gasteiger partial charge in [0.1, 0.15) is 6.10 Å². The summed E-state index contributed by atoms with van der Waals surface area (Å²) in [5.74, 6) is -0.878. The molecule has 15 heavy (non-hydrogen) atoms. The van der Waals surface area contributed by atoms with Gasteiger partial charge < -0.3 is 9.84 Å². The molecule has 0 bridgehead atoms. The SMILES string of the molecule is COC(=O)C1C(C(O)C(C)OO)C1(C)C. The van der Waals surface area contributed by atoms with Crippen molar-refractivity contribution in [2.45, 2.75) is 33.0 Å². The Balaban J connectivity index is 2.69. The van der Waals surface area contributed by atoms with Gasteiger partial charge >= 0.3 is 5.97 Å². The lowest BCUT2D eigenvalue weighted by molar-refractivity contribution is -0.294. The molecule has 0 heterocycles. The van der Waals surface area contributed by atoms with E-state index in [0.717, 1.165) is 0 Å². The van der Waals surface area contributed by atoms with Gasteiger partial charge in [-0.15, -0.1) is 0 Å². The summed E-state index contributed by atoms with van der Waals surface area (Å²) in [7, 11) is 1.33. The molecule has 1 aliphatic carbocycles. The molecule has 0 radical (unpaired) electrons. The van der Waals surface area contributed by atoms with Gasteiger partial charge in [-0.3, -0.25) is 10.1 Å². The van der Waals surface area contributed by atoms with Crippen LogP contribution in [0.5, 0.6) is 0 Å². The number of carbonyl (C=O) groups excluding carboxylic acids is 1. The standard InChI is InChI=1S/C10H18O5/c1-5(15-13)8(11)6-7(9(12)14-4)10(6,2)3/h5-8,11,13H,1-4H3. The molecule has 5 heteroatoms. The van der Waals surface area contributed by atoms with Crippen LogP contribution in [0.3, 0.4) is 0 Å². The predicted molar refractivity (Wildman–Crippen MR) is 52.0 cm³/mol. The molecule has 1 rings (SSSR count). The molecule has 0 aromatic carbocycles. The summed E-state index contributed by atoms with van der Waals surface area (Å²) in [5.41, 5.74) is -0.306. The normalized spacial score (nSPS) is 31.9. The van der Waals surface area contributed by atoms with E-state index in [1.165, 1.54) is 7.11 Å². The Bertz CT molecular complexity index is 250. The number of esters is 1. The molecule has 0 saturated heterocycles. The van der Waals surface area contributed by atoms with Gasteiger partial charge in [0.2, 0.25) is 0 Å². The summed E-state index contributed by atoms with van der Waals surface area (Å²) in [5, 5.41) is 18.3. The van der Waals surface area contributed by atoms with Crippen LogP contribution in [-0.4, -0.2) is 35.7 Å². The van der Waals surface area contributed by atoms with E-state index in [1.807, 2.05) is 13.8 Å². The first-order valence-corrected chi connectivity index (χ1v) is 4.94. The van der Waals surface area contributed by atoms with E-state index in [-0.39, 0.29) is 23.2 Å². The molecule has 4 atom stereocenters. The van der Waals surface area contributed by atoms with E-state index < -0.39 is 12.2 Å². The van der Waals surface area contributed by atoms with E-state index in [1.54, 1.807) is 6.92 Å². The largest absolute Gasteiger partial charge is 0.469 e. The third kappa shape index (κ3) is 2.00. The Morgan fingerprint density at radius 1 is 1.47 bits per heavy atom. The van der Waals surface area contributed by atoms with Gasteiger partial charge in [0.25, 0.3) is 0 Å². The van der Waals surface area contributed by atoms with Crippen molar-refractivity contribution in [1.29, 1.82) is 0 Å². The van der Waals surface area contributed by atoms with Crippen molar-refractivity contribution in [2.75, 3.05) is 7.11 Å². The molecule has 1 saturated carbocycles. The molecule has 88 valence electrons. The Hall–Kier alpha value is -0.650. The first kappa shape index (κ1) is 12.4. The highest BCUT2D eigenvalue weighted by atomic mass is 17.1. The fraction of sp³-hybridized carbons (Fsp3) is 0.900. The van der Waals surface area contributed by atoms with Crippen molar-refractivity contribution in [2.24, 2.45) is 17.3 Å². The summed E-state index contributed by atoms with van der Waals surface area (Å²) in [6.45, 7) is 5.31. The Morgan fingerprint density at radius 2 is 2.00 bits per heavy atom. The van der Waals surface area contributed by atoms with Crippen LogP contribution in [0.2, 0.25) is 0 Å². The second kappa shape index (κ2) is 4.08. The van der Waals surface area contributed by atoms with E-state index in [4.69, 9.17) is 5.26 Å². The lowest BCUT2D eigenvalue weighted by Gasteiger charge is -2.16. The van der Waals surface area contributed by atoms with Crippen molar-refractivity contribution in [3.63, 3.8) is 0 Å². The van der Waals surface area contributed by atoms with Gasteiger partial charge in [-0.05, 0) is 12.3 Å². The minimum absolute atomic E-state index is 0.230. The first-order chi connectivity index (χ1) is 6.87. The van der Waals surface area contributed by atoms with Gasteiger partial charge in [0.05, 0.1) is 19.1 Å².